The monoisotopic (exact) mass is 173 g/mol. The van der Waals surface area contributed by atoms with Crippen molar-refractivity contribution in [2.24, 2.45) is 0 Å². The van der Waals surface area contributed by atoms with E-state index in [1.807, 2.05) is 0 Å². The van der Waals surface area contributed by atoms with Crippen LogP contribution in [0, 0.1) is 0 Å². The SMILES string of the molecule is F[C@H]1CCCN([C@H]2CCOC2)C1. The summed E-state index contributed by atoms with van der Waals surface area (Å²) in [5.41, 5.74) is 0. The Hall–Kier alpha value is -0.150. The Morgan fingerprint density at radius 3 is 2.92 bits per heavy atom. The zero-order valence-electron chi connectivity index (χ0n) is 7.34. The number of ether oxygens (including phenoxy) is 1. The van der Waals surface area contributed by atoms with Crippen LogP contribution in [0.3, 0.4) is 0 Å². The Kier molecular flexibility index (Phi) is 2.61. The highest BCUT2D eigenvalue weighted by Crippen LogP contribution is 2.19. The van der Waals surface area contributed by atoms with Gasteiger partial charge in [-0.05, 0) is 25.8 Å². The van der Waals surface area contributed by atoms with Crippen molar-refractivity contribution in [2.45, 2.75) is 31.5 Å². The number of nitrogens with zero attached hydrogens (tertiary/aromatic N) is 1. The Morgan fingerprint density at radius 2 is 2.25 bits per heavy atom. The molecule has 2 rings (SSSR count). The van der Waals surface area contributed by atoms with Crippen molar-refractivity contribution in [2.75, 3.05) is 26.3 Å². The predicted molar refractivity (Wildman–Crippen MR) is 44.9 cm³/mol. The summed E-state index contributed by atoms with van der Waals surface area (Å²) in [5, 5.41) is 0. The van der Waals surface area contributed by atoms with Crippen molar-refractivity contribution in [3.05, 3.63) is 0 Å². The highest BCUT2D eigenvalue weighted by atomic mass is 19.1. The van der Waals surface area contributed by atoms with Crippen molar-refractivity contribution < 1.29 is 9.13 Å². The van der Waals surface area contributed by atoms with Crippen molar-refractivity contribution in [1.29, 1.82) is 0 Å². The Labute approximate surface area is 72.7 Å². The molecule has 2 fully saturated rings. The molecule has 2 atom stereocenters. The maximum atomic E-state index is 13.0. The lowest BCUT2D eigenvalue weighted by Crippen LogP contribution is -2.43. The number of hydrogen-bond donors (Lipinski definition) is 0. The van der Waals surface area contributed by atoms with E-state index in [1.54, 1.807) is 0 Å². The van der Waals surface area contributed by atoms with E-state index in [0.717, 1.165) is 39.0 Å². The maximum absolute atomic E-state index is 13.0. The number of alkyl halides is 1. The van der Waals surface area contributed by atoms with E-state index in [0.29, 0.717) is 12.6 Å². The van der Waals surface area contributed by atoms with Crippen LogP contribution in [-0.2, 0) is 4.74 Å². The molecular formula is C9H16FNO. The first kappa shape index (κ1) is 8.45. The summed E-state index contributed by atoms with van der Waals surface area (Å²) in [4.78, 5) is 2.25. The van der Waals surface area contributed by atoms with Crippen LogP contribution in [0.1, 0.15) is 19.3 Å². The second-order valence-electron chi connectivity index (χ2n) is 3.75. The van der Waals surface area contributed by atoms with E-state index in [2.05, 4.69) is 4.90 Å². The van der Waals surface area contributed by atoms with Crippen LogP contribution >= 0.6 is 0 Å². The molecule has 2 aliphatic heterocycles. The van der Waals surface area contributed by atoms with Gasteiger partial charge < -0.3 is 4.74 Å². The minimum atomic E-state index is -0.598. The molecule has 0 aromatic heterocycles. The average molecular weight is 173 g/mol. The number of hydrogen-bond acceptors (Lipinski definition) is 2. The van der Waals surface area contributed by atoms with Crippen LogP contribution in [0.2, 0.25) is 0 Å². The molecule has 0 radical (unpaired) electrons. The number of piperidine rings is 1. The molecule has 2 saturated heterocycles. The highest BCUT2D eigenvalue weighted by molar-refractivity contribution is 4.81. The summed E-state index contributed by atoms with van der Waals surface area (Å²) in [6.45, 7) is 3.37. The Morgan fingerprint density at radius 1 is 1.33 bits per heavy atom. The fourth-order valence-electron chi connectivity index (χ4n) is 2.09. The van der Waals surface area contributed by atoms with E-state index < -0.39 is 6.17 Å². The van der Waals surface area contributed by atoms with Crippen LogP contribution in [0.5, 0.6) is 0 Å². The lowest BCUT2D eigenvalue weighted by molar-refractivity contribution is 0.0862. The second-order valence-corrected chi connectivity index (χ2v) is 3.75. The third-order valence-electron chi connectivity index (χ3n) is 2.82. The van der Waals surface area contributed by atoms with Gasteiger partial charge in [-0.1, -0.05) is 0 Å². The zero-order chi connectivity index (χ0) is 8.39. The molecule has 70 valence electrons. The van der Waals surface area contributed by atoms with Gasteiger partial charge in [-0.3, -0.25) is 4.90 Å². The van der Waals surface area contributed by atoms with Gasteiger partial charge in [-0.2, -0.15) is 0 Å². The Bertz CT molecular complexity index is 147. The first-order valence-corrected chi connectivity index (χ1v) is 4.82. The van der Waals surface area contributed by atoms with E-state index in [1.165, 1.54) is 0 Å². The van der Waals surface area contributed by atoms with Crippen LogP contribution < -0.4 is 0 Å². The van der Waals surface area contributed by atoms with Gasteiger partial charge in [0.05, 0.1) is 6.61 Å². The molecule has 0 aliphatic carbocycles. The second kappa shape index (κ2) is 3.71. The molecule has 2 aliphatic rings. The van der Waals surface area contributed by atoms with Crippen LogP contribution in [0.15, 0.2) is 0 Å². The molecule has 0 amide bonds. The van der Waals surface area contributed by atoms with Crippen molar-refractivity contribution in [1.82, 2.24) is 4.90 Å². The van der Waals surface area contributed by atoms with Crippen molar-refractivity contribution >= 4 is 0 Å². The molecule has 2 heterocycles. The summed E-state index contributed by atoms with van der Waals surface area (Å²) < 4.78 is 18.3. The average Bonchev–Trinajstić information content (AvgIpc) is 2.56. The van der Waals surface area contributed by atoms with Crippen LogP contribution in [-0.4, -0.2) is 43.4 Å². The van der Waals surface area contributed by atoms with Gasteiger partial charge in [-0.25, -0.2) is 4.39 Å². The first-order chi connectivity index (χ1) is 5.86. The molecular weight excluding hydrogens is 157 g/mol. The molecule has 3 heteroatoms. The van der Waals surface area contributed by atoms with Gasteiger partial charge in [0.2, 0.25) is 0 Å². The third-order valence-corrected chi connectivity index (χ3v) is 2.82. The fraction of sp³-hybridized carbons (Fsp3) is 1.00. The predicted octanol–water partition coefficient (Wildman–Crippen LogP) is 1.21. The summed E-state index contributed by atoms with van der Waals surface area (Å²) >= 11 is 0. The number of halogens is 1. The van der Waals surface area contributed by atoms with Gasteiger partial charge in [0.1, 0.15) is 6.17 Å². The summed E-state index contributed by atoms with van der Waals surface area (Å²) in [5.74, 6) is 0. The zero-order valence-corrected chi connectivity index (χ0v) is 7.34. The van der Waals surface area contributed by atoms with E-state index in [4.69, 9.17) is 4.74 Å². The molecule has 0 spiro atoms. The van der Waals surface area contributed by atoms with E-state index in [-0.39, 0.29) is 0 Å². The van der Waals surface area contributed by atoms with Gasteiger partial charge in [-0.15, -0.1) is 0 Å². The van der Waals surface area contributed by atoms with Gasteiger partial charge in [0, 0.05) is 19.2 Å². The van der Waals surface area contributed by atoms with Crippen LogP contribution in [0.4, 0.5) is 4.39 Å². The van der Waals surface area contributed by atoms with E-state index >= 15 is 0 Å². The normalized spacial score (nSPS) is 38.8. The largest absolute Gasteiger partial charge is 0.380 e. The van der Waals surface area contributed by atoms with Crippen LogP contribution in [0.25, 0.3) is 0 Å². The standard InChI is InChI=1S/C9H16FNO/c10-8-2-1-4-11(6-8)9-3-5-12-7-9/h8-9H,1-7H2/t8-,9-/m0/s1. The molecule has 0 N–H and O–H groups in total. The maximum Gasteiger partial charge on any atom is 0.113 e. The molecule has 0 saturated carbocycles. The smallest absolute Gasteiger partial charge is 0.113 e. The topological polar surface area (TPSA) is 12.5 Å². The van der Waals surface area contributed by atoms with Gasteiger partial charge in [0.15, 0.2) is 0 Å². The quantitative estimate of drug-likeness (QED) is 0.591. The molecule has 2 nitrogen and oxygen atoms in total. The molecule has 0 bridgehead atoms. The summed E-state index contributed by atoms with van der Waals surface area (Å²) in [6.07, 6.45) is 2.26. The third kappa shape index (κ3) is 1.77. The summed E-state index contributed by atoms with van der Waals surface area (Å²) in [6, 6.07) is 0.503. The molecule has 0 aromatic rings. The Balaban J connectivity index is 1.85. The minimum absolute atomic E-state index is 0.503. The summed E-state index contributed by atoms with van der Waals surface area (Å²) in [7, 11) is 0. The minimum Gasteiger partial charge on any atom is -0.380 e. The molecule has 12 heavy (non-hydrogen) atoms. The van der Waals surface area contributed by atoms with E-state index in [9.17, 15) is 4.39 Å². The number of rotatable bonds is 1. The lowest BCUT2D eigenvalue weighted by Gasteiger charge is -2.32. The lowest BCUT2D eigenvalue weighted by atomic mass is 10.1. The highest BCUT2D eigenvalue weighted by Gasteiger charge is 2.27. The van der Waals surface area contributed by atoms with Gasteiger partial charge >= 0.3 is 0 Å². The van der Waals surface area contributed by atoms with Crippen molar-refractivity contribution in [3.8, 4) is 0 Å². The molecule has 0 unspecified atom stereocenters. The molecule has 0 aromatic carbocycles. The van der Waals surface area contributed by atoms with Gasteiger partial charge in [0.25, 0.3) is 0 Å². The van der Waals surface area contributed by atoms with Crippen molar-refractivity contribution in [3.63, 3.8) is 0 Å². The number of likely N-dealkylation sites (tertiary alicyclic amines) is 1. The fourth-order valence-corrected chi connectivity index (χ4v) is 2.09. The first-order valence-electron chi connectivity index (χ1n) is 4.82.